The van der Waals surface area contributed by atoms with E-state index in [0.29, 0.717) is 6.42 Å². The van der Waals surface area contributed by atoms with Gasteiger partial charge in [0.15, 0.2) is 0 Å². The van der Waals surface area contributed by atoms with Gasteiger partial charge in [-0.15, -0.1) is 0 Å². The Hall–Kier alpha value is -2.08. The minimum absolute atomic E-state index is 0.160. The van der Waals surface area contributed by atoms with E-state index in [1.165, 1.54) is 0 Å². The summed E-state index contributed by atoms with van der Waals surface area (Å²) in [7, 11) is 1.59. The average molecular weight is 279 g/mol. The summed E-state index contributed by atoms with van der Waals surface area (Å²) in [5, 5.41) is 2.81. The highest BCUT2D eigenvalue weighted by Crippen LogP contribution is 2.20. The van der Waals surface area contributed by atoms with Crippen LogP contribution in [0.2, 0.25) is 0 Å². The Kier molecular flexibility index (Phi) is 5.99. The second-order valence-electron chi connectivity index (χ2n) is 4.52. The topological polar surface area (TPSA) is 107 Å². The fourth-order valence-corrected chi connectivity index (χ4v) is 1.85. The largest absolute Gasteiger partial charge is 0.497 e. The van der Waals surface area contributed by atoms with Gasteiger partial charge in [0.1, 0.15) is 5.75 Å². The minimum atomic E-state index is -0.917. The number of nitrogens with two attached hydrogens (primary N) is 2. The predicted octanol–water partition coefficient (Wildman–Crippen LogP) is 0.465. The van der Waals surface area contributed by atoms with E-state index in [4.69, 9.17) is 16.2 Å². The van der Waals surface area contributed by atoms with Gasteiger partial charge in [-0.25, -0.2) is 0 Å². The van der Waals surface area contributed by atoms with Crippen molar-refractivity contribution in [1.29, 1.82) is 0 Å². The third kappa shape index (κ3) is 4.55. The number of hydrogen-bond donors (Lipinski definition) is 3. The van der Waals surface area contributed by atoms with Crippen molar-refractivity contribution < 1.29 is 14.3 Å². The van der Waals surface area contributed by atoms with Gasteiger partial charge in [0, 0.05) is 0 Å². The van der Waals surface area contributed by atoms with Crippen molar-refractivity contribution >= 4 is 11.8 Å². The molecule has 2 amide bonds. The number of hydrogen-bond acceptors (Lipinski definition) is 4. The molecule has 0 saturated carbocycles. The molecule has 0 spiro atoms. The fourth-order valence-electron chi connectivity index (χ4n) is 1.85. The Labute approximate surface area is 118 Å². The van der Waals surface area contributed by atoms with Crippen LogP contribution in [-0.2, 0) is 9.59 Å². The molecule has 0 saturated heterocycles. The van der Waals surface area contributed by atoms with Gasteiger partial charge in [0.25, 0.3) is 0 Å². The summed E-state index contributed by atoms with van der Waals surface area (Å²) in [5.74, 6) is -0.225. The highest BCUT2D eigenvalue weighted by molar-refractivity contribution is 5.87. The number of carbonyl (C=O) groups is 2. The molecule has 110 valence electrons. The van der Waals surface area contributed by atoms with Crippen LogP contribution in [0.4, 0.5) is 0 Å². The number of amides is 2. The predicted molar refractivity (Wildman–Crippen MR) is 76.0 cm³/mol. The highest BCUT2D eigenvalue weighted by Gasteiger charge is 2.19. The van der Waals surface area contributed by atoms with Crippen molar-refractivity contribution in [2.24, 2.45) is 11.5 Å². The van der Waals surface area contributed by atoms with Crippen LogP contribution in [0.25, 0.3) is 0 Å². The third-order valence-electron chi connectivity index (χ3n) is 3.00. The van der Waals surface area contributed by atoms with Gasteiger partial charge in [-0.1, -0.05) is 19.1 Å². The van der Waals surface area contributed by atoms with Gasteiger partial charge in [0.05, 0.1) is 25.6 Å². The number of primary amides is 1. The second-order valence-corrected chi connectivity index (χ2v) is 4.52. The highest BCUT2D eigenvalue weighted by atomic mass is 16.5. The quantitative estimate of drug-likeness (QED) is 0.674. The number of nitrogens with one attached hydrogen (secondary N) is 1. The molecule has 2 atom stereocenters. The van der Waals surface area contributed by atoms with Gasteiger partial charge in [-0.05, 0) is 24.1 Å². The van der Waals surface area contributed by atoms with Gasteiger partial charge >= 0.3 is 0 Å². The van der Waals surface area contributed by atoms with Gasteiger partial charge in [-0.3, -0.25) is 9.59 Å². The summed E-state index contributed by atoms with van der Waals surface area (Å²) in [4.78, 5) is 22.6. The molecular formula is C14H21N3O3. The Morgan fingerprint density at radius 1 is 1.30 bits per heavy atom. The van der Waals surface area contributed by atoms with E-state index in [1.807, 2.05) is 31.2 Å². The SMILES string of the molecule is CCC(NC(=O)C(N)CC(N)=O)c1ccc(OC)cc1. The van der Waals surface area contributed by atoms with Crippen LogP contribution in [-0.4, -0.2) is 25.0 Å². The smallest absolute Gasteiger partial charge is 0.237 e. The first-order valence-corrected chi connectivity index (χ1v) is 6.46. The van der Waals surface area contributed by atoms with E-state index in [2.05, 4.69) is 5.32 Å². The second kappa shape index (κ2) is 7.49. The number of benzene rings is 1. The van der Waals surface area contributed by atoms with Crippen LogP contribution in [0.15, 0.2) is 24.3 Å². The summed E-state index contributed by atoms with van der Waals surface area (Å²) in [6.07, 6.45) is 0.548. The van der Waals surface area contributed by atoms with E-state index in [-0.39, 0.29) is 18.4 Å². The van der Waals surface area contributed by atoms with Crippen molar-refractivity contribution in [1.82, 2.24) is 5.32 Å². The average Bonchev–Trinajstić information content (AvgIpc) is 2.43. The van der Waals surface area contributed by atoms with Crippen LogP contribution < -0.4 is 21.5 Å². The standard InChI is InChI=1S/C14H21N3O3/c1-3-12(9-4-6-10(20-2)7-5-9)17-14(19)11(15)8-13(16)18/h4-7,11-12H,3,8,15H2,1-2H3,(H2,16,18)(H,17,19). The lowest BCUT2D eigenvalue weighted by Crippen LogP contribution is -2.44. The lowest BCUT2D eigenvalue weighted by Gasteiger charge is -2.20. The van der Waals surface area contributed by atoms with Gasteiger partial charge < -0.3 is 21.5 Å². The summed E-state index contributed by atoms with van der Waals surface area (Å²) < 4.78 is 5.09. The molecule has 0 radical (unpaired) electrons. The monoisotopic (exact) mass is 279 g/mol. The molecule has 6 nitrogen and oxygen atoms in total. The number of rotatable bonds is 7. The summed E-state index contributed by atoms with van der Waals surface area (Å²) in [6, 6.07) is 6.34. The lowest BCUT2D eigenvalue weighted by atomic mass is 10.0. The Morgan fingerprint density at radius 3 is 2.35 bits per heavy atom. The van der Waals surface area contributed by atoms with Crippen molar-refractivity contribution in [2.45, 2.75) is 31.8 Å². The van der Waals surface area contributed by atoms with Crippen molar-refractivity contribution in [3.8, 4) is 5.75 Å². The zero-order chi connectivity index (χ0) is 15.1. The molecule has 0 aromatic heterocycles. The zero-order valence-electron chi connectivity index (χ0n) is 11.8. The molecule has 20 heavy (non-hydrogen) atoms. The summed E-state index contributed by atoms with van der Waals surface area (Å²) >= 11 is 0. The van der Waals surface area contributed by atoms with Crippen molar-refractivity contribution in [3.63, 3.8) is 0 Å². The molecule has 5 N–H and O–H groups in total. The van der Waals surface area contributed by atoms with Crippen LogP contribution in [0.5, 0.6) is 5.75 Å². The maximum absolute atomic E-state index is 11.9. The van der Waals surface area contributed by atoms with E-state index in [9.17, 15) is 9.59 Å². The summed E-state index contributed by atoms with van der Waals surface area (Å²) in [6.45, 7) is 1.95. The Balaban J connectivity index is 2.70. The summed E-state index contributed by atoms with van der Waals surface area (Å²) in [5.41, 5.74) is 11.6. The molecule has 1 aromatic rings. The van der Waals surface area contributed by atoms with E-state index in [1.54, 1.807) is 7.11 Å². The molecule has 0 heterocycles. The number of ether oxygens (including phenoxy) is 1. The Bertz CT molecular complexity index is 459. The molecule has 1 aromatic carbocycles. The minimum Gasteiger partial charge on any atom is -0.497 e. The first-order valence-electron chi connectivity index (χ1n) is 6.46. The lowest BCUT2D eigenvalue weighted by molar-refractivity contribution is -0.126. The van der Waals surface area contributed by atoms with Crippen LogP contribution in [0.3, 0.4) is 0 Å². The molecule has 0 fully saturated rings. The third-order valence-corrected chi connectivity index (χ3v) is 3.00. The number of carbonyl (C=O) groups excluding carboxylic acids is 2. The van der Waals surface area contributed by atoms with Gasteiger partial charge in [0.2, 0.25) is 11.8 Å². The van der Waals surface area contributed by atoms with Crippen molar-refractivity contribution in [3.05, 3.63) is 29.8 Å². The molecule has 0 aliphatic heterocycles. The molecule has 6 heteroatoms. The van der Waals surface area contributed by atoms with E-state index >= 15 is 0 Å². The maximum atomic E-state index is 11.9. The van der Waals surface area contributed by atoms with Crippen LogP contribution >= 0.6 is 0 Å². The first-order chi connectivity index (χ1) is 9.47. The molecule has 0 aliphatic rings. The molecule has 0 aliphatic carbocycles. The fraction of sp³-hybridized carbons (Fsp3) is 0.429. The van der Waals surface area contributed by atoms with Gasteiger partial charge in [-0.2, -0.15) is 0 Å². The van der Waals surface area contributed by atoms with Crippen LogP contribution in [0.1, 0.15) is 31.4 Å². The normalized spacial score (nSPS) is 13.3. The zero-order valence-corrected chi connectivity index (χ0v) is 11.8. The molecule has 0 bridgehead atoms. The Morgan fingerprint density at radius 2 is 1.90 bits per heavy atom. The first kappa shape index (κ1) is 16.0. The molecule has 2 unspecified atom stereocenters. The molecular weight excluding hydrogens is 258 g/mol. The van der Waals surface area contributed by atoms with E-state index in [0.717, 1.165) is 11.3 Å². The van der Waals surface area contributed by atoms with Crippen molar-refractivity contribution in [2.75, 3.05) is 7.11 Å². The molecule has 1 rings (SSSR count). The maximum Gasteiger partial charge on any atom is 0.237 e. The number of methoxy groups -OCH3 is 1. The van der Waals surface area contributed by atoms with Crippen LogP contribution in [0, 0.1) is 0 Å². The van der Waals surface area contributed by atoms with E-state index < -0.39 is 11.9 Å².